The number of nitro groups is 1. The smallest absolute Gasteiger partial charge is 0.344 e. The summed E-state index contributed by atoms with van der Waals surface area (Å²) in [6, 6.07) is 9.21. The van der Waals surface area contributed by atoms with Crippen molar-refractivity contribution in [2.75, 3.05) is 0 Å². The fourth-order valence-electron chi connectivity index (χ4n) is 2.63. The minimum Gasteiger partial charge on any atom is -0.508 e. The second kappa shape index (κ2) is 6.08. The number of nitrogens with zero attached hydrogens (tertiary/aromatic N) is 1. The molecule has 1 heterocycles. The van der Waals surface area contributed by atoms with Crippen molar-refractivity contribution in [1.82, 2.24) is 0 Å². The number of carbonyl (C=O) groups is 1. The van der Waals surface area contributed by atoms with E-state index in [4.69, 9.17) is 4.42 Å². The fourth-order valence-corrected chi connectivity index (χ4v) is 2.63. The van der Waals surface area contributed by atoms with Crippen LogP contribution in [0.1, 0.15) is 5.56 Å². The Morgan fingerprint density at radius 2 is 1.84 bits per heavy atom. The molecule has 126 valence electrons. The Labute approximate surface area is 139 Å². The van der Waals surface area contributed by atoms with Crippen LogP contribution in [0.4, 0.5) is 5.69 Å². The molecule has 25 heavy (non-hydrogen) atoms. The maximum absolute atomic E-state index is 12.4. The van der Waals surface area contributed by atoms with E-state index in [1.165, 1.54) is 42.5 Å². The maximum atomic E-state index is 12.4. The molecular formula is C17H11NO7. The highest BCUT2D eigenvalue weighted by molar-refractivity contribution is 5.91. The van der Waals surface area contributed by atoms with Crippen LogP contribution in [0.5, 0.6) is 5.75 Å². The van der Waals surface area contributed by atoms with E-state index in [1.54, 1.807) is 0 Å². The normalized spacial score (nSPS) is 10.7. The standard InChI is InChI=1S/C17H11NO7/c19-11-5-6-12-13(8-15(20)21)16(17(22)25-14(12)7-11)9-1-3-10(4-2-9)18(23)24/h1-7,19H,8H2,(H,20,21). The molecule has 0 amide bonds. The highest BCUT2D eigenvalue weighted by Crippen LogP contribution is 2.30. The van der Waals surface area contributed by atoms with Gasteiger partial charge >= 0.3 is 11.6 Å². The summed E-state index contributed by atoms with van der Waals surface area (Å²) in [6.45, 7) is 0. The van der Waals surface area contributed by atoms with Crippen molar-refractivity contribution < 1.29 is 24.3 Å². The molecule has 0 radical (unpaired) electrons. The zero-order valence-corrected chi connectivity index (χ0v) is 12.6. The van der Waals surface area contributed by atoms with E-state index >= 15 is 0 Å². The fraction of sp³-hybridized carbons (Fsp3) is 0.0588. The molecule has 0 aliphatic rings. The third kappa shape index (κ3) is 3.05. The number of carboxylic acid groups (broad SMARTS) is 1. The molecule has 0 aliphatic carbocycles. The molecular weight excluding hydrogens is 330 g/mol. The summed E-state index contributed by atoms with van der Waals surface area (Å²) < 4.78 is 5.19. The first kappa shape index (κ1) is 16.2. The summed E-state index contributed by atoms with van der Waals surface area (Å²) in [5.74, 6) is -1.27. The third-order valence-corrected chi connectivity index (χ3v) is 3.69. The van der Waals surface area contributed by atoms with Crippen molar-refractivity contribution in [2.24, 2.45) is 0 Å². The summed E-state index contributed by atoms with van der Waals surface area (Å²) in [5, 5.41) is 29.8. The first-order valence-electron chi connectivity index (χ1n) is 7.12. The summed E-state index contributed by atoms with van der Waals surface area (Å²) >= 11 is 0. The molecule has 0 unspecified atom stereocenters. The second-order valence-electron chi connectivity index (χ2n) is 5.30. The molecule has 0 saturated heterocycles. The number of aliphatic carboxylic acids is 1. The van der Waals surface area contributed by atoms with Crippen LogP contribution in [-0.4, -0.2) is 21.1 Å². The predicted octanol–water partition coefficient (Wildman–Crippen LogP) is 2.70. The largest absolute Gasteiger partial charge is 0.508 e. The Bertz CT molecular complexity index is 1050. The van der Waals surface area contributed by atoms with Crippen molar-refractivity contribution in [1.29, 1.82) is 0 Å². The highest BCUT2D eigenvalue weighted by atomic mass is 16.6. The average Bonchev–Trinajstić information content (AvgIpc) is 2.54. The van der Waals surface area contributed by atoms with E-state index < -0.39 is 22.9 Å². The first-order valence-corrected chi connectivity index (χ1v) is 7.12. The number of hydrogen-bond acceptors (Lipinski definition) is 6. The van der Waals surface area contributed by atoms with Crippen molar-refractivity contribution >= 4 is 22.6 Å². The van der Waals surface area contributed by atoms with Gasteiger partial charge in [-0.05, 0) is 35.4 Å². The van der Waals surface area contributed by atoms with Gasteiger partial charge in [0, 0.05) is 23.6 Å². The van der Waals surface area contributed by atoms with Crippen LogP contribution in [0, 0.1) is 10.1 Å². The minimum absolute atomic E-state index is 0.0236. The number of phenols is 1. The van der Waals surface area contributed by atoms with E-state index in [1.807, 2.05) is 0 Å². The number of hydrogen-bond donors (Lipinski definition) is 2. The molecule has 0 saturated carbocycles. The lowest BCUT2D eigenvalue weighted by Crippen LogP contribution is -2.11. The van der Waals surface area contributed by atoms with Gasteiger partial charge in [-0.3, -0.25) is 14.9 Å². The lowest BCUT2D eigenvalue weighted by molar-refractivity contribution is -0.384. The number of non-ortho nitro benzene ring substituents is 1. The molecule has 8 heteroatoms. The molecule has 3 aromatic rings. The van der Waals surface area contributed by atoms with Crippen LogP contribution < -0.4 is 5.63 Å². The van der Waals surface area contributed by atoms with E-state index in [-0.39, 0.29) is 28.1 Å². The topological polar surface area (TPSA) is 131 Å². The van der Waals surface area contributed by atoms with Crippen LogP contribution >= 0.6 is 0 Å². The number of rotatable bonds is 4. The summed E-state index contributed by atoms with van der Waals surface area (Å²) in [6.07, 6.45) is -0.445. The van der Waals surface area contributed by atoms with Gasteiger partial charge in [-0.15, -0.1) is 0 Å². The number of fused-ring (bicyclic) bond motifs is 1. The molecule has 2 aromatic carbocycles. The Balaban J connectivity index is 2.31. The molecule has 1 aromatic heterocycles. The Kier molecular flexibility index (Phi) is 3.94. The van der Waals surface area contributed by atoms with Gasteiger partial charge in [-0.25, -0.2) is 4.79 Å². The quantitative estimate of drug-likeness (QED) is 0.423. The number of benzene rings is 2. The molecule has 0 bridgehead atoms. The van der Waals surface area contributed by atoms with Gasteiger partial charge in [-0.2, -0.15) is 0 Å². The molecule has 0 aliphatic heterocycles. The Hall–Kier alpha value is -3.68. The lowest BCUT2D eigenvalue weighted by Gasteiger charge is -2.10. The van der Waals surface area contributed by atoms with E-state index in [0.29, 0.717) is 10.9 Å². The van der Waals surface area contributed by atoms with E-state index in [0.717, 1.165) is 0 Å². The molecule has 0 atom stereocenters. The third-order valence-electron chi connectivity index (χ3n) is 3.69. The van der Waals surface area contributed by atoms with Crippen molar-refractivity contribution in [3.05, 3.63) is 68.6 Å². The Morgan fingerprint density at radius 1 is 1.16 bits per heavy atom. The number of aromatic hydroxyl groups is 1. The van der Waals surface area contributed by atoms with Crippen LogP contribution in [0.3, 0.4) is 0 Å². The zero-order chi connectivity index (χ0) is 18.1. The second-order valence-corrected chi connectivity index (χ2v) is 5.30. The number of carboxylic acids is 1. The van der Waals surface area contributed by atoms with Gasteiger partial charge in [0.15, 0.2) is 0 Å². The van der Waals surface area contributed by atoms with Crippen molar-refractivity contribution in [3.63, 3.8) is 0 Å². The lowest BCUT2D eigenvalue weighted by atomic mass is 9.96. The van der Waals surface area contributed by atoms with Crippen molar-refractivity contribution in [2.45, 2.75) is 6.42 Å². The van der Waals surface area contributed by atoms with E-state index in [2.05, 4.69) is 0 Å². The number of nitro benzene ring substituents is 1. The molecule has 0 fully saturated rings. The molecule has 3 rings (SSSR count). The van der Waals surface area contributed by atoms with E-state index in [9.17, 15) is 29.9 Å². The molecule has 0 spiro atoms. The highest BCUT2D eigenvalue weighted by Gasteiger charge is 2.19. The van der Waals surface area contributed by atoms with Gasteiger partial charge < -0.3 is 14.6 Å². The van der Waals surface area contributed by atoms with Gasteiger partial charge in [0.05, 0.1) is 16.9 Å². The molecule has 2 N–H and O–H groups in total. The van der Waals surface area contributed by atoms with Crippen LogP contribution in [0.25, 0.3) is 22.1 Å². The van der Waals surface area contributed by atoms with Gasteiger partial charge in [-0.1, -0.05) is 0 Å². The number of phenolic OH excluding ortho intramolecular Hbond substituents is 1. The van der Waals surface area contributed by atoms with Gasteiger partial charge in [0.25, 0.3) is 5.69 Å². The predicted molar refractivity (Wildman–Crippen MR) is 87.6 cm³/mol. The van der Waals surface area contributed by atoms with Crippen molar-refractivity contribution in [3.8, 4) is 16.9 Å². The average molecular weight is 341 g/mol. The maximum Gasteiger partial charge on any atom is 0.344 e. The Morgan fingerprint density at radius 3 is 2.44 bits per heavy atom. The SMILES string of the molecule is O=C(O)Cc1c(-c2ccc([N+](=O)[O-])cc2)c(=O)oc2cc(O)ccc12. The monoisotopic (exact) mass is 341 g/mol. The molecule has 8 nitrogen and oxygen atoms in total. The van der Waals surface area contributed by atoms with Crippen LogP contribution in [0.2, 0.25) is 0 Å². The summed E-state index contributed by atoms with van der Waals surface area (Å²) in [4.78, 5) is 33.8. The van der Waals surface area contributed by atoms with Crippen LogP contribution in [0.15, 0.2) is 51.7 Å². The minimum atomic E-state index is -1.15. The van der Waals surface area contributed by atoms with Crippen LogP contribution in [-0.2, 0) is 11.2 Å². The summed E-state index contributed by atoms with van der Waals surface area (Å²) in [5.41, 5.74) is -0.331. The summed E-state index contributed by atoms with van der Waals surface area (Å²) in [7, 11) is 0. The first-order chi connectivity index (χ1) is 11.9. The zero-order valence-electron chi connectivity index (χ0n) is 12.6. The van der Waals surface area contributed by atoms with Gasteiger partial charge in [0.2, 0.25) is 0 Å². The van der Waals surface area contributed by atoms with Gasteiger partial charge in [0.1, 0.15) is 11.3 Å².